The molecule has 17 heavy (non-hydrogen) atoms. The summed E-state index contributed by atoms with van der Waals surface area (Å²) in [5.74, 6) is 0.184. The standard InChI is InChI=1S/C11H16ClNO3S/c1-13(5-6-17(2,15)16)8-9-3-4-11(14)10(12)7-9/h3-4,7,14H,5-6,8H2,1-2H3. The van der Waals surface area contributed by atoms with Crippen LogP contribution >= 0.6 is 11.6 Å². The van der Waals surface area contributed by atoms with Crippen molar-refractivity contribution in [3.8, 4) is 5.75 Å². The summed E-state index contributed by atoms with van der Waals surface area (Å²) >= 11 is 5.78. The Labute approximate surface area is 107 Å². The summed E-state index contributed by atoms with van der Waals surface area (Å²) < 4.78 is 22.0. The van der Waals surface area contributed by atoms with Crippen LogP contribution in [0.3, 0.4) is 0 Å². The van der Waals surface area contributed by atoms with Crippen molar-refractivity contribution >= 4 is 21.4 Å². The summed E-state index contributed by atoms with van der Waals surface area (Å²) in [5, 5.41) is 9.57. The second-order valence-electron chi connectivity index (χ2n) is 4.15. The molecule has 4 nitrogen and oxygen atoms in total. The minimum absolute atomic E-state index is 0.0502. The van der Waals surface area contributed by atoms with Crippen LogP contribution in [0.15, 0.2) is 18.2 Å². The number of halogens is 1. The first-order chi connectivity index (χ1) is 7.78. The van der Waals surface area contributed by atoms with Crippen molar-refractivity contribution in [2.45, 2.75) is 6.54 Å². The van der Waals surface area contributed by atoms with Gasteiger partial charge in [-0.2, -0.15) is 0 Å². The maximum atomic E-state index is 11.0. The molecule has 0 amide bonds. The third kappa shape index (κ3) is 5.39. The van der Waals surface area contributed by atoms with Crippen LogP contribution in [0.25, 0.3) is 0 Å². The Bertz CT molecular complexity index is 487. The minimum atomic E-state index is -2.93. The van der Waals surface area contributed by atoms with Crippen LogP contribution in [0.5, 0.6) is 5.75 Å². The average molecular weight is 278 g/mol. The zero-order valence-electron chi connectivity index (χ0n) is 9.85. The van der Waals surface area contributed by atoms with E-state index in [9.17, 15) is 13.5 Å². The highest BCUT2D eigenvalue weighted by Gasteiger charge is 2.07. The fourth-order valence-electron chi connectivity index (χ4n) is 1.36. The second kappa shape index (κ2) is 5.71. The van der Waals surface area contributed by atoms with Crippen molar-refractivity contribution in [3.05, 3.63) is 28.8 Å². The highest BCUT2D eigenvalue weighted by Crippen LogP contribution is 2.23. The average Bonchev–Trinajstić information content (AvgIpc) is 2.20. The first-order valence-electron chi connectivity index (χ1n) is 5.11. The SMILES string of the molecule is CN(CCS(C)(=O)=O)Cc1ccc(O)c(Cl)c1. The Morgan fingerprint density at radius 1 is 1.41 bits per heavy atom. The molecule has 0 aromatic heterocycles. The van der Waals surface area contributed by atoms with Crippen LogP contribution in [0.1, 0.15) is 5.56 Å². The molecule has 0 radical (unpaired) electrons. The van der Waals surface area contributed by atoms with Crippen LogP contribution in [-0.4, -0.2) is 44.0 Å². The number of hydrogen-bond acceptors (Lipinski definition) is 4. The molecule has 0 bridgehead atoms. The van der Waals surface area contributed by atoms with Crippen LogP contribution in [0.2, 0.25) is 5.02 Å². The molecule has 0 atom stereocenters. The summed E-state index contributed by atoms with van der Waals surface area (Å²) in [6.07, 6.45) is 1.22. The molecule has 0 aliphatic heterocycles. The van der Waals surface area contributed by atoms with Crippen molar-refractivity contribution in [2.75, 3.05) is 25.6 Å². The van der Waals surface area contributed by atoms with E-state index in [2.05, 4.69) is 0 Å². The molecule has 0 aliphatic rings. The number of nitrogens with zero attached hydrogens (tertiary/aromatic N) is 1. The number of phenols is 1. The number of sulfone groups is 1. The van der Waals surface area contributed by atoms with E-state index in [-0.39, 0.29) is 11.5 Å². The highest BCUT2D eigenvalue weighted by molar-refractivity contribution is 7.90. The predicted octanol–water partition coefficient (Wildman–Crippen LogP) is 1.52. The largest absolute Gasteiger partial charge is 0.506 e. The summed E-state index contributed by atoms with van der Waals surface area (Å²) in [5.41, 5.74) is 0.934. The molecular weight excluding hydrogens is 262 g/mol. The Balaban J connectivity index is 2.56. The van der Waals surface area contributed by atoms with E-state index in [1.807, 2.05) is 11.9 Å². The lowest BCUT2D eigenvalue weighted by atomic mass is 10.2. The molecule has 0 saturated heterocycles. The van der Waals surface area contributed by atoms with Crippen molar-refractivity contribution in [3.63, 3.8) is 0 Å². The van der Waals surface area contributed by atoms with Gasteiger partial charge in [0.05, 0.1) is 10.8 Å². The van der Waals surface area contributed by atoms with E-state index in [0.717, 1.165) is 5.56 Å². The van der Waals surface area contributed by atoms with Gasteiger partial charge in [-0.15, -0.1) is 0 Å². The third-order valence-corrected chi connectivity index (χ3v) is 3.54. The fourth-order valence-corrected chi connectivity index (χ4v) is 2.21. The topological polar surface area (TPSA) is 57.6 Å². The van der Waals surface area contributed by atoms with Gasteiger partial charge in [0.25, 0.3) is 0 Å². The molecule has 96 valence electrons. The second-order valence-corrected chi connectivity index (χ2v) is 6.82. The zero-order valence-corrected chi connectivity index (χ0v) is 11.4. The summed E-state index contributed by atoms with van der Waals surface area (Å²) in [6, 6.07) is 4.97. The van der Waals surface area contributed by atoms with Gasteiger partial charge in [0.15, 0.2) is 0 Å². The number of benzene rings is 1. The van der Waals surface area contributed by atoms with Gasteiger partial charge in [-0.1, -0.05) is 17.7 Å². The van der Waals surface area contributed by atoms with Gasteiger partial charge in [0, 0.05) is 19.3 Å². The van der Waals surface area contributed by atoms with Crippen LogP contribution < -0.4 is 0 Å². The highest BCUT2D eigenvalue weighted by atomic mass is 35.5. The van der Waals surface area contributed by atoms with E-state index in [1.165, 1.54) is 12.3 Å². The third-order valence-electron chi connectivity index (χ3n) is 2.31. The fraction of sp³-hybridized carbons (Fsp3) is 0.455. The molecule has 6 heteroatoms. The molecule has 0 unspecified atom stereocenters. The van der Waals surface area contributed by atoms with Gasteiger partial charge in [-0.05, 0) is 24.7 Å². The lowest BCUT2D eigenvalue weighted by molar-refractivity contribution is 0.346. The maximum Gasteiger partial charge on any atom is 0.148 e. The van der Waals surface area contributed by atoms with E-state index >= 15 is 0 Å². The Kier molecular flexibility index (Phi) is 4.80. The zero-order chi connectivity index (χ0) is 13.1. The molecule has 0 spiro atoms. The van der Waals surface area contributed by atoms with E-state index in [4.69, 9.17) is 11.6 Å². The molecule has 1 aromatic rings. The van der Waals surface area contributed by atoms with Gasteiger partial charge in [-0.25, -0.2) is 8.42 Å². The van der Waals surface area contributed by atoms with E-state index in [1.54, 1.807) is 12.1 Å². The first kappa shape index (κ1) is 14.3. The maximum absolute atomic E-state index is 11.0. The summed E-state index contributed by atoms with van der Waals surface area (Å²) in [6.45, 7) is 1.06. The lowest BCUT2D eigenvalue weighted by Crippen LogP contribution is -2.24. The van der Waals surface area contributed by atoms with E-state index in [0.29, 0.717) is 18.1 Å². The van der Waals surface area contributed by atoms with Crippen LogP contribution in [-0.2, 0) is 16.4 Å². The molecule has 0 aliphatic carbocycles. The van der Waals surface area contributed by atoms with Gasteiger partial charge in [0.1, 0.15) is 15.6 Å². The minimum Gasteiger partial charge on any atom is -0.506 e. The first-order valence-corrected chi connectivity index (χ1v) is 7.55. The van der Waals surface area contributed by atoms with Gasteiger partial charge < -0.3 is 10.0 Å². The van der Waals surface area contributed by atoms with E-state index < -0.39 is 9.84 Å². The van der Waals surface area contributed by atoms with Crippen molar-refractivity contribution < 1.29 is 13.5 Å². The number of aromatic hydroxyl groups is 1. The van der Waals surface area contributed by atoms with Crippen LogP contribution in [0.4, 0.5) is 0 Å². The van der Waals surface area contributed by atoms with Crippen molar-refractivity contribution in [1.82, 2.24) is 4.90 Å². The molecule has 0 heterocycles. The molecule has 1 N–H and O–H groups in total. The van der Waals surface area contributed by atoms with Gasteiger partial charge in [0.2, 0.25) is 0 Å². The monoisotopic (exact) mass is 277 g/mol. The van der Waals surface area contributed by atoms with Crippen molar-refractivity contribution in [2.24, 2.45) is 0 Å². The van der Waals surface area contributed by atoms with Crippen LogP contribution in [0, 0.1) is 0 Å². The smallest absolute Gasteiger partial charge is 0.148 e. The lowest BCUT2D eigenvalue weighted by Gasteiger charge is -2.16. The Morgan fingerprint density at radius 2 is 2.06 bits per heavy atom. The number of rotatable bonds is 5. The predicted molar refractivity (Wildman–Crippen MR) is 69.2 cm³/mol. The quantitative estimate of drug-likeness (QED) is 0.887. The molecule has 1 aromatic carbocycles. The number of hydrogen-bond donors (Lipinski definition) is 1. The Hall–Kier alpha value is -0.780. The molecular formula is C11H16ClNO3S. The summed E-state index contributed by atoms with van der Waals surface area (Å²) in [7, 11) is -1.09. The van der Waals surface area contributed by atoms with Crippen molar-refractivity contribution in [1.29, 1.82) is 0 Å². The van der Waals surface area contributed by atoms with Gasteiger partial charge in [-0.3, -0.25) is 0 Å². The normalized spacial score (nSPS) is 12.0. The number of phenolic OH excluding ortho intramolecular Hbond substituents is 1. The molecule has 1 rings (SSSR count). The summed E-state index contributed by atoms with van der Waals surface area (Å²) in [4.78, 5) is 1.89. The molecule has 0 saturated carbocycles. The van der Waals surface area contributed by atoms with Gasteiger partial charge >= 0.3 is 0 Å². The molecule has 0 fully saturated rings. The Morgan fingerprint density at radius 3 is 2.59 bits per heavy atom.